The molecule has 5 nitrogen and oxygen atoms in total. The Morgan fingerprint density at radius 1 is 1.16 bits per heavy atom. The number of hydrogen-bond donors (Lipinski definition) is 0. The first-order valence-electron chi connectivity index (χ1n) is 11.5. The highest BCUT2D eigenvalue weighted by molar-refractivity contribution is 7.88. The zero-order valence-electron chi connectivity index (χ0n) is 19.0. The SMILES string of the molecule is CCN([C@@H]1CCOC2(CCN(Cc3cccc(-c4ccccc4F)c3)CC2)C1)S(C)(=O)=O. The third kappa shape index (κ3) is 5.22. The first-order chi connectivity index (χ1) is 15.3. The minimum Gasteiger partial charge on any atom is -0.375 e. The van der Waals surface area contributed by atoms with Crippen LogP contribution in [0.25, 0.3) is 11.1 Å². The van der Waals surface area contributed by atoms with Crippen molar-refractivity contribution in [3.8, 4) is 11.1 Å². The van der Waals surface area contributed by atoms with Crippen molar-refractivity contribution in [3.05, 3.63) is 59.9 Å². The highest BCUT2D eigenvalue weighted by atomic mass is 32.2. The van der Waals surface area contributed by atoms with Crippen LogP contribution in [0, 0.1) is 5.82 Å². The summed E-state index contributed by atoms with van der Waals surface area (Å²) in [6.45, 7) is 5.64. The summed E-state index contributed by atoms with van der Waals surface area (Å²) in [7, 11) is -3.21. The number of halogens is 1. The molecule has 2 fully saturated rings. The van der Waals surface area contributed by atoms with Gasteiger partial charge in [-0.2, -0.15) is 4.31 Å². The Morgan fingerprint density at radius 3 is 2.59 bits per heavy atom. The standard InChI is InChI=1S/C25H33FN2O3S/c1-3-28(32(2,29)30)22-11-16-31-25(18-22)12-14-27(15-13-25)19-20-7-6-8-21(17-20)23-9-4-5-10-24(23)26/h4-10,17,22H,3,11-16,18-19H2,1-2H3/t22-/m1/s1. The normalized spacial score (nSPS) is 21.8. The van der Waals surface area contributed by atoms with Crippen LogP contribution in [-0.4, -0.2) is 61.8 Å². The lowest BCUT2D eigenvalue weighted by atomic mass is 9.82. The molecule has 2 aromatic rings. The summed E-state index contributed by atoms with van der Waals surface area (Å²) in [5.41, 5.74) is 2.46. The summed E-state index contributed by atoms with van der Waals surface area (Å²) in [4.78, 5) is 2.41. The Balaban J connectivity index is 1.39. The van der Waals surface area contributed by atoms with E-state index in [9.17, 15) is 12.8 Å². The van der Waals surface area contributed by atoms with Gasteiger partial charge in [-0.3, -0.25) is 4.90 Å². The molecule has 4 rings (SSSR count). The third-order valence-corrected chi connectivity index (χ3v) is 8.31. The number of likely N-dealkylation sites (tertiary alicyclic amines) is 1. The molecular formula is C25H33FN2O3S. The minimum absolute atomic E-state index is 0.0211. The smallest absolute Gasteiger partial charge is 0.211 e. The van der Waals surface area contributed by atoms with Gasteiger partial charge in [0.15, 0.2) is 0 Å². The maximum atomic E-state index is 14.2. The predicted molar refractivity (Wildman–Crippen MR) is 125 cm³/mol. The van der Waals surface area contributed by atoms with E-state index in [1.807, 2.05) is 31.2 Å². The van der Waals surface area contributed by atoms with Crippen LogP contribution in [0.4, 0.5) is 4.39 Å². The van der Waals surface area contributed by atoms with Gasteiger partial charge in [0.25, 0.3) is 0 Å². The Morgan fingerprint density at radius 2 is 1.91 bits per heavy atom. The van der Waals surface area contributed by atoms with E-state index in [1.54, 1.807) is 10.4 Å². The molecule has 174 valence electrons. The number of rotatable bonds is 6. The number of piperidine rings is 1. The number of hydrogen-bond acceptors (Lipinski definition) is 4. The van der Waals surface area contributed by atoms with E-state index >= 15 is 0 Å². The van der Waals surface area contributed by atoms with Crippen LogP contribution < -0.4 is 0 Å². The molecular weight excluding hydrogens is 427 g/mol. The monoisotopic (exact) mass is 460 g/mol. The molecule has 2 heterocycles. The lowest BCUT2D eigenvalue weighted by Crippen LogP contribution is -2.54. The Bertz CT molecular complexity index is 1030. The molecule has 0 aromatic heterocycles. The van der Waals surface area contributed by atoms with Crippen molar-refractivity contribution in [2.24, 2.45) is 0 Å². The van der Waals surface area contributed by atoms with E-state index in [4.69, 9.17) is 4.74 Å². The van der Waals surface area contributed by atoms with E-state index in [0.29, 0.717) is 18.7 Å². The molecule has 2 aliphatic heterocycles. The summed E-state index contributed by atoms with van der Waals surface area (Å²) in [6.07, 6.45) is 4.63. The first-order valence-corrected chi connectivity index (χ1v) is 13.3. The van der Waals surface area contributed by atoms with Gasteiger partial charge in [0, 0.05) is 44.4 Å². The van der Waals surface area contributed by atoms with E-state index < -0.39 is 10.0 Å². The zero-order chi connectivity index (χ0) is 22.8. The maximum absolute atomic E-state index is 14.2. The molecule has 32 heavy (non-hydrogen) atoms. The molecule has 1 atom stereocenters. The molecule has 0 bridgehead atoms. The van der Waals surface area contributed by atoms with Crippen molar-refractivity contribution in [2.45, 2.75) is 50.8 Å². The minimum atomic E-state index is -3.21. The summed E-state index contributed by atoms with van der Waals surface area (Å²) < 4.78 is 46.5. The van der Waals surface area contributed by atoms with Gasteiger partial charge in [-0.15, -0.1) is 0 Å². The Kier molecular flexibility index (Phi) is 7.00. The zero-order valence-corrected chi connectivity index (χ0v) is 19.8. The van der Waals surface area contributed by atoms with Crippen LogP contribution in [0.2, 0.25) is 0 Å². The van der Waals surface area contributed by atoms with Crippen LogP contribution in [0.15, 0.2) is 48.5 Å². The van der Waals surface area contributed by atoms with Gasteiger partial charge in [0.05, 0.1) is 11.9 Å². The molecule has 0 saturated carbocycles. The average Bonchev–Trinajstić information content (AvgIpc) is 2.76. The number of sulfonamides is 1. The second-order valence-electron chi connectivity index (χ2n) is 9.10. The number of benzene rings is 2. The highest BCUT2D eigenvalue weighted by Gasteiger charge is 2.43. The largest absolute Gasteiger partial charge is 0.375 e. The summed E-state index contributed by atoms with van der Waals surface area (Å²) in [5.74, 6) is -0.205. The molecule has 0 N–H and O–H groups in total. The van der Waals surface area contributed by atoms with Gasteiger partial charge in [0.2, 0.25) is 10.0 Å². The van der Waals surface area contributed by atoms with Crippen molar-refractivity contribution in [1.29, 1.82) is 0 Å². The fraction of sp³-hybridized carbons (Fsp3) is 0.520. The Hall–Kier alpha value is -1.80. The third-order valence-electron chi connectivity index (χ3n) is 6.90. The van der Waals surface area contributed by atoms with E-state index in [-0.39, 0.29) is 17.5 Å². The molecule has 7 heteroatoms. The van der Waals surface area contributed by atoms with Crippen LogP contribution >= 0.6 is 0 Å². The van der Waals surface area contributed by atoms with Crippen molar-refractivity contribution in [1.82, 2.24) is 9.21 Å². The van der Waals surface area contributed by atoms with Gasteiger partial charge in [-0.05, 0) is 48.9 Å². The fourth-order valence-corrected chi connectivity index (χ4v) is 6.46. The lowest BCUT2D eigenvalue weighted by Gasteiger charge is -2.48. The topological polar surface area (TPSA) is 49.9 Å². The van der Waals surface area contributed by atoms with Gasteiger partial charge in [0.1, 0.15) is 5.82 Å². The van der Waals surface area contributed by atoms with Gasteiger partial charge in [-0.25, -0.2) is 12.8 Å². The molecule has 0 unspecified atom stereocenters. The van der Waals surface area contributed by atoms with E-state index in [2.05, 4.69) is 17.0 Å². The van der Waals surface area contributed by atoms with Gasteiger partial charge in [-0.1, -0.05) is 43.3 Å². The second kappa shape index (κ2) is 9.59. The summed E-state index contributed by atoms with van der Waals surface area (Å²) in [5, 5.41) is 0. The quantitative estimate of drug-likeness (QED) is 0.645. The average molecular weight is 461 g/mol. The number of nitrogens with zero attached hydrogens (tertiary/aromatic N) is 2. The van der Waals surface area contributed by atoms with Gasteiger partial charge >= 0.3 is 0 Å². The summed E-state index contributed by atoms with van der Waals surface area (Å²) >= 11 is 0. The molecule has 2 aliphatic rings. The van der Waals surface area contributed by atoms with Crippen molar-refractivity contribution < 1.29 is 17.5 Å². The van der Waals surface area contributed by atoms with Crippen molar-refractivity contribution >= 4 is 10.0 Å². The molecule has 2 aromatic carbocycles. The van der Waals surface area contributed by atoms with Crippen molar-refractivity contribution in [2.75, 3.05) is 32.5 Å². The van der Waals surface area contributed by atoms with Crippen LogP contribution in [0.1, 0.15) is 38.2 Å². The van der Waals surface area contributed by atoms with Crippen molar-refractivity contribution in [3.63, 3.8) is 0 Å². The highest BCUT2D eigenvalue weighted by Crippen LogP contribution is 2.37. The predicted octanol–water partition coefficient (Wildman–Crippen LogP) is 4.29. The molecule has 0 radical (unpaired) electrons. The molecule has 0 aliphatic carbocycles. The first kappa shape index (κ1) is 23.4. The maximum Gasteiger partial charge on any atom is 0.211 e. The fourth-order valence-electron chi connectivity index (χ4n) is 5.27. The second-order valence-corrected chi connectivity index (χ2v) is 11.0. The lowest BCUT2D eigenvalue weighted by molar-refractivity contribution is -0.127. The molecule has 0 amide bonds. The van der Waals surface area contributed by atoms with E-state index in [1.165, 1.54) is 17.9 Å². The molecule has 1 spiro atoms. The van der Waals surface area contributed by atoms with E-state index in [0.717, 1.165) is 50.9 Å². The Labute approximate surface area is 191 Å². The number of ether oxygens (including phenoxy) is 1. The molecule has 2 saturated heterocycles. The van der Waals surface area contributed by atoms with Gasteiger partial charge < -0.3 is 4.74 Å². The van der Waals surface area contributed by atoms with Crippen LogP contribution in [-0.2, 0) is 21.3 Å². The van der Waals surface area contributed by atoms with Crippen LogP contribution in [0.5, 0.6) is 0 Å². The summed E-state index contributed by atoms with van der Waals surface area (Å²) in [6, 6.07) is 15.0. The van der Waals surface area contributed by atoms with Crippen LogP contribution in [0.3, 0.4) is 0 Å².